The van der Waals surface area contributed by atoms with Crippen LogP contribution in [-0.2, 0) is 6.54 Å². The predicted molar refractivity (Wildman–Crippen MR) is 131 cm³/mol. The van der Waals surface area contributed by atoms with Crippen molar-refractivity contribution >= 4 is 49.8 Å². The largest absolute Gasteiger partial charge is 0.510 e. The lowest BCUT2D eigenvalue weighted by molar-refractivity contribution is 0.401. The fraction of sp³-hybridized carbons (Fsp3) is 0.250. The Balaban J connectivity index is 1.74. The maximum Gasteiger partial charge on any atom is 0.262 e. The van der Waals surface area contributed by atoms with Gasteiger partial charge < -0.3 is 5.11 Å². The Morgan fingerprint density at radius 3 is 2.62 bits per heavy atom. The molecule has 0 amide bonds. The predicted octanol–water partition coefficient (Wildman–Crippen LogP) is 5.78. The van der Waals surface area contributed by atoms with Crippen molar-refractivity contribution in [3.05, 3.63) is 69.7 Å². The second-order valence-electron chi connectivity index (χ2n) is 7.34. The zero-order chi connectivity index (χ0) is 22.7. The Bertz CT molecular complexity index is 1380. The van der Waals surface area contributed by atoms with Crippen LogP contribution in [0.4, 0.5) is 0 Å². The molecule has 2 aromatic carbocycles. The molecule has 6 nitrogen and oxygen atoms in total. The molecule has 32 heavy (non-hydrogen) atoms. The van der Waals surface area contributed by atoms with E-state index in [0.29, 0.717) is 27.6 Å². The molecular weight excluding hydrogens is 440 g/mol. The number of para-hydroxylation sites is 2. The summed E-state index contributed by atoms with van der Waals surface area (Å²) in [5.74, 6) is -0.0685. The number of allylic oxidation sites excluding steroid dienone is 1. The summed E-state index contributed by atoms with van der Waals surface area (Å²) in [4.78, 5) is 22.3. The van der Waals surface area contributed by atoms with E-state index in [2.05, 4.69) is 18.0 Å². The van der Waals surface area contributed by atoms with E-state index in [-0.39, 0.29) is 16.9 Å². The van der Waals surface area contributed by atoms with E-state index in [1.54, 1.807) is 17.6 Å². The third kappa shape index (κ3) is 4.27. The third-order valence-corrected chi connectivity index (χ3v) is 7.26. The first-order valence-electron chi connectivity index (χ1n) is 10.4. The Labute approximate surface area is 193 Å². The summed E-state index contributed by atoms with van der Waals surface area (Å²) in [7, 11) is 0. The molecule has 0 fully saturated rings. The number of aromatic nitrogens is 3. The lowest BCUT2D eigenvalue weighted by Gasteiger charge is -2.16. The summed E-state index contributed by atoms with van der Waals surface area (Å²) in [6, 6.07) is 17.0. The molecule has 0 saturated carbocycles. The van der Waals surface area contributed by atoms with Crippen LogP contribution in [0.1, 0.15) is 31.7 Å². The molecule has 4 rings (SSSR count). The summed E-state index contributed by atoms with van der Waals surface area (Å²) < 4.78 is 2.62. The number of unbranched alkanes of at least 4 members (excludes halogenated alkanes) is 1. The van der Waals surface area contributed by atoms with Gasteiger partial charge in [-0.25, -0.2) is 9.97 Å². The van der Waals surface area contributed by atoms with Crippen molar-refractivity contribution in [1.29, 1.82) is 5.26 Å². The Hall–Kier alpha value is -3.15. The maximum absolute atomic E-state index is 13.1. The average molecular weight is 463 g/mol. The van der Waals surface area contributed by atoms with Gasteiger partial charge in [-0.05, 0) is 37.6 Å². The molecule has 8 heteroatoms. The van der Waals surface area contributed by atoms with Crippen LogP contribution in [0.25, 0.3) is 26.7 Å². The molecule has 2 aromatic heterocycles. The van der Waals surface area contributed by atoms with Gasteiger partial charge in [-0.2, -0.15) is 5.26 Å². The van der Waals surface area contributed by atoms with Crippen molar-refractivity contribution in [2.45, 2.75) is 43.6 Å². The zero-order valence-corrected chi connectivity index (χ0v) is 19.4. The Morgan fingerprint density at radius 1 is 1.19 bits per heavy atom. The molecule has 0 aliphatic rings. The average Bonchev–Trinajstić information content (AvgIpc) is 3.23. The quantitative estimate of drug-likeness (QED) is 0.162. The number of aliphatic hydroxyl groups is 1. The van der Waals surface area contributed by atoms with Crippen molar-refractivity contribution in [2.24, 2.45) is 0 Å². The van der Waals surface area contributed by atoms with Crippen LogP contribution in [0.3, 0.4) is 0 Å². The first-order chi connectivity index (χ1) is 15.5. The normalized spacial score (nSPS) is 13.2. The van der Waals surface area contributed by atoms with Crippen molar-refractivity contribution in [3.63, 3.8) is 0 Å². The van der Waals surface area contributed by atoms with Crippen LogP contribution in [-0.4, -0.2) is 24.9 Å². The minimum atomic E-state index is -0.488. The molecule has 162 valence electrons. The molecule has 0 aliphatic carbocycles. The van der Waals surface area contributed by atoms with Crippen LogP contribution in [0.15, 0.2) is 64.2 Å². The van der Waals surface area contributed by atoms with Gasteiger partial charge in [0, 0.05) is 6.54 Å². The van der Waals surface area contributed by atoms with E-state index in [9.17, 15) is 15.2 Å². The first-order valence-corrected chi connectivity index (χ1v) is 12.1. The highest BCUT2D eigenvalue weighted by atomic mass is 32.2. The number of benzene rings is 2. The summed E-state index contributed by atoms with van der Waals surface area (Å²) in [5.41, 5.74) is 1.47. The monoisotopic (exact) mass is 462 g/mol. The van der Waals surface area contributed by atoms with E-state index in [1.807, 2.05) is 42.5 Å². The van der Waals surface area contributed by atoms with Gasteiger partial charge in [0.15, 0.2) is 5.16 Å². The fourth-order valence-electron chi connectivity index (χ4n) is 3.36. The SMILES string of the molecule is CCCCn1c(SC(C)/C(O)=C(\C#N)c2nc3ccccc3s2)nc2ccccc2c1=O. The van der Waals surface area contributed by atoms with Crippen molar-refractivity contribution in [1.82, 2.24) is 14.5 Å². The van der Waals surface area contributed by atoms with Crippen LogP contribution < -0.4 is 5.56 Å². The van der Waals surface area contributed by atoms with E-state index in [4.69, 9.17) is 4.98 Å². The summed E-state index contributed by atoms with van der Waals surface area (Å²) in [6.45, 7) is 4.42. The summed E-state index contributed by atoms with van der Waals surface area (Å²) in [6.07, 6.45) is 1.79. The second kappa shape index (κ2) is 9.55. The number of aliphatic hydroxyl groups excluding tert-OH is 1. The van der Waals surface area contributed by atoms with Gasteiger partial charge in [-0.1, -0.05) is 49.4 Å². The highest BCUT2D eigenvalue weighted by molar-refractivity contribution is 7.99. The van der Waals surface area contributed by atoms with Crippen molar-refractivity contribution in [2.75, 3.05) is 0 Å². The number of nitriles is 1. The summed E-state index contributed by atoms with van der Waals surface area (Å²) in [5, 5.41) is 21.8. The lowest BCUT2D eigenvalue weighted by atomic mass is 10.2. The van der Waals surface area contributed by atoms with Crippen LogP contribution in [0, 0.1) is 11.3 Å². The number of hydrogen-bond donors (Lipinski definition) is 1. The molecule has 0 radical (unpaired) electrons. The number of rotatable bonds is 7. The van der Waals surface area contributed by atoms with Gasteiger partial charge >= 0.3 is 0 Å². The smallest absolute Gasteiger partial charge is 0.262 e. The summed E-state index contributed by atoms with van der Waals surface area (Å²) >= 11 is 2.64. The highest BCUT2D eigenvalue weighted by Gasteiger charge is 2.22. The molecule has 0 saturated heterocycles. The molecule has 1 atom stereocenters. The minimum Gasteiger partial charge on any atom is -0.510 e. The third-order valence-electron chi connectivity index (χ3n) is 5.10. The molecular formula is C24H22N4O2S2. The molecule has 0 aliphatic heterocycles. The second-order valence-corrected chi connectivity index (χ2v) is 9.68. The molecule has 2 heterocycles. The van der Waals surface area contributed by atoms with Crippen molar-refractivity contribution < 1.29 is 5.11 Å². The maximum atomic E-state index is 13.1. The van der Waals surface area contributed by atoms with Gasteiger partial charge in [-0.3, -0.25) is 9.36 Å². The first kappa shape index (κ1) is 22.1. The molecule has 0 spiro atoms. The van der Waals surface area contributed by atoms with Gasteiger partial charge in [0.25, 0.3) is 5.56 Å². The standard InChI is InChI=1S/C24H22N4O2S2/c1-3-4-13-28-23(30)16-9-5-6-10-18(16)27-24(28)31-15(2)21(29)17(14-25)22-26-19-11-7-8-12-20(19)32-22/h5-12,15,29H,3-4,13H2,1-2H3/b21-17-. The fourth-order valence-corrected chi connectivity index (χ4v) is 5.33. The van der Waals surface area contributed by atoms with E-state index in [0.717, 1.165) is 23.1 Å². The molecule has 1 N–H and O–H groups in total. The number of fused-ring (bicyclic) bond motifs is 2. The Kier molecular flexibility index (Phi) is 6.58. The topological polar surface area (TPSA) is 91.8 Å². The van der Waals surface area contributed by atoms with Gasteiger partial charge in [0.1, 0.15) is 22.4 Å². The van der Waals surface area contributed by atoms with Gasteiger partial charge in [0.2, 0.25) is 0 Å². The van der Waals surface area contributed by atoms with Crippen LogP contribution in [0.2, 0.25) is 0 Å². The van der Waals surface area contributed by atoms with Crippen molar-refractivity contribution in [3.8, 4) is 6.07 Å². The zero-order valence-electron chi connectivity index (χ0n) is 17.8. The Morgan fingerprint density at radius 2 is 1.91 bits per heavy atom. The van der Waals surface area contributed by atoms with Gasteiger partial charge in [-0.15, -0.1) is 11.3 Å². The number of thiazole rings is 1. The van der Waals surface area contributed by atoms with E-state index < -0.39 is 5.25 Å². The number of thioether (sulfide) groups is 1. The van der Waals surface area contributed by atoms with E-state index in [1.165, 1.54) is 23.1 Å². The number of nitrogens with zero attached hydrogens (tertiary/aromatic N) is 4. The molecule has 1 unspecified atom stereocenters. The highest BCUT2D eigenvalue weighted by Crippen LogP contribution is 2.33. The lowest BCUT2D eigenvalue weighted by Crippen LogP contribution is -2.24. The van der Waals surface area contributed by atoms with Crippen LogP contribution >= 0.6 is 23.1 Å². The molecule has 4 aromatic rings. The number of hydrogen-bond acceptors (Lipinski definition) is 7. The molecule has 0 bridgehead atoms. The van der Waals surface area contributed by atoms with Crippen LogP contribution in [0.5, 0.6) is 0 Å². The van der Waals surface area contributed by atoms with E-state index >= 15 is 0 Å². The minimum absolute atomic E-state index is 0.0685. The van der Waals surface area contributed by atoms with Gasteiger partial charge in [0.05, 0.1) is 26.4 Å².